The van der Waals surface area contributed by atoms with Crippen LogP contribution in [0.2, 0.25) is 0 Å². The lowest BCUT2D eigenvalue weighted by molar-refractivity contribution is -0.117. The van der Waals surface area contributed by atoms with Crippen molar-refractivity contribution in [3.8, 4) is 0 Å². The van der Waals surface area contributed by atoms with E-state index < -0.39 is 9.84 Å². The van der Waals surface area contributed by atoms with Crippen LogP contribution < -0.4 is 5.32 Å². The Kier molecular flexibility index (Phi) is 4.46. The second-order valence-corrected chi connectivity index (χ2v) is 8.74. The molecule has 1 amide bonds. The third-order valence-corrected chi connectivity index (χ3v) is 6.25. The monoisotopic (exact) mass is 340 g/mol. The molecule has 0 bridgehead atoms. The summed E-state index contributed by atoms with van der Waals surface area (Å²) in [7, 11) is -2.99. The van der Waals surface area contributed by atoms with E-state index in [0.29, 0.717) is 24.8 Å². The molecule has 128 valence electrons. The minimum Gasteiger partial charge on any atom is -0.310 e. The quantitative estimate of drug-likeness (QED) is 0.834. The topological polar surface area (TPSA) is 84.3 Å². The molecule has 2 aliphatic rings. The Morgan fingerprint density at radius 3 is 2.74 bits per heavy atom. The molecule has 8 heteroatoms. The molecule has 2 fully saturated rings. The highest BCUT2D eigenvalue weighted by Crippen LogP contribution is 2.28. The first-order chi connectivity index (χ1) is 10.9. The molecule has 7 nitrogen and oxygen atoms in total. The predicted molar refractivity (Wildman–Crippen MR) is 88.2 cm³/mol. The summed E-state index contributed by atoms with van der Waals surface area (Å²) in [5.41, 5.74) is 0.777. The molecular weight excluding hydrogens is 316 g/mol. The van der Waals surface area contributed by atoms with E-state index in [9.17, 15) is 13.2 Å². The van der Waals surface area contributed by atoms with Crippen LogP contribution in [0.25, 0.3) is 0 Å². The van der Waals surface area contributed by atoms with Crippen molar-refractivity contribution in [1.29, 1.82) is 0 Å². The van der Waals surface area contributed by atoms with Gasteiger partial charge in [-0.15, -0.1) is 0 Å². The molecule has 2 heterocycles. The fraction of sp³-hybridized carbons (Fsp3) is 0.733. The minimum atomic E-state index is -2.99. The van der Waals surface area contributed by atoms with Crippen LogP contribution in [0.3, 0.4) is 0 Å². The van der Waals surface area contributed by atoms with Crippen LogP contribution in [0.1, 0.15) is 37.9 Å². The van der Waals surface area contributed by atoms with Crippen molar-refractivity contribution in [3.05, 3.63) is 11.8 Å². The van der Waals surface area contributed by atoms with Crippen molar-refractivity contribution in [1.82, 2.24) is 14.7 Å². The van der Waals surface area contributed by atoms with Gasteiger partial charge in [0.15, 0.2) is 9.84 Å². The van der Waals surface area contributed by atoms with E-state index in [4.69, 9.17) is 0 Å². The number of aryl methyl sites for hydroxylation is 1. The number of likely N-dealkylation sites (N-methyl/N-ethyl adjacent to an activating group) is 1. The van der Waals surface area contributed by atoms with Gasteiger partial charge in [0.25, 0.3) is 0 Å². The third-order valence-electron chi connectivity index (χ3n) is 4.50. The summed E-state index contributed by atoms with van der Waals surface area (Å²) >= 11 is 0. The van der Waals surface area contributed by atoms with Crippen molar-refractivity contribution >= 4 is 21.6 Å². The highest BCUT2D eigenvalue weighted by Gasteiger charge is 2.32. The van der Waals surface area contributed by atoms with Gasteiger partial charge in [-0.25, -0.2) is 13.1 Å². The SMILES string of the molecule is CCN(CC(=O)Nc1cc(C)nn1C1CCS(=O)(=O)C1)C1CC1. The number of amides is 1. The lowest BCUT2D eigenvalue weighted by Crippen LogP contribution is -2.35. The lowest BCUT2D eigenvalue weighted by atomic mass is 10.3. The van der Waals surface area contributed by atoms with E-state index in [1.807, 2.05) is 6.92 Å². The number of aromatic nitrogens is 2. The van der Waals surface area contributed by atoms with Crippen LogP contribution in [-0.4, -0.2) is 59.6 Å². The molecule has 1 atom stereocenters. The van der Waals surface area contributed by atoms with Crippen molar-refractivity contribution < 1.29 is 13.2 Å². The van der Waals surface area contributed by atoms with Gasteiger partial charge in [-0.3, -0.25) is 9.69 Å². The highest BCUT2D eigenvalue weighted by molar-refractivity contribution is 7.91. The number of carbonyl (C=O) groups excluding carboxylic acids is 1. The van der Waals surface area contributed by atoms with Crippen molar-refractivity contribution in [2.45, 2.75) is 45.2 Å². The summed E-state index contributed by atoms with van der Waals surface area (Å²) < 4.78 is 25.0. The zero-order valence-corrected chi connectivity index (χ0v) is 14.5. The van der Waals surface area contributed by atoms with Gasteiger partial charge < -0.3 is 5.32 Å². The number of carbonyl (C=O) groups is 1. The average Bonchev–Trinajstić information content (AvgIpc) is 3.16. The maximum absolute atomic E-state index is 12.3. The number of hydrogen-bond acceptors (Lipinski definition) is 5. The molecule has 0 radical (unpaired) electrons. The van der Waals surface area contributed by atoms with Crippen molar-refractivity contribution in [2.75, 3.05) is 29.9 Å². The Balaban J connectivity index is 1.69. The molecule has 1 saturated heterocycles. The van der Waals surface area contributed by atoms with Crippen LogP contribution in [0.4, 0.5) is 5.82 Å². The number of hydrogen-bond donors (Lipinski definition) is 1. The fourth-order valence-corrected chi connectivity index (χ4v) is 4.85. The summed E-state index contributed by atoms with van der Waals surface area (Å²) in [5, 5.41) is 7.29. The van der Waals surface area contributed by atoms with Crippen molar-refractivity contribution in [2.24, 2.45) is 0 Å². The molecule has 1 aliphatic heterocycles. The maximum atomic E-state index is 12.3. The predicted octanol–water partition coefficient (Wildman–Crippen LogP) is 0.974. The van der Waals surface area contributed by atoms with Crippen LogP contribution in [0.15, 0.2) is 6.07 Å². The molecule has 23 heavy (non-hydrogen) atoms. The molecule has 1 aromatic heterocycles. The Labute approximate surface area is 137 Å². The first-order valence-corrected chi connectivity index (χ1v) is 10.0. The summed E-state index contributed by atoms with van der Waals surface area (Å²) in [5.74, 6) is 0.817. The van der Waals surface area contributed by atoms with Gasteiger partial charge in [0.05, 0.1) is 29.8 Å². The summed E-state index contributed by atoms with van der Waals surface area (Å²) in [6.07, 6.45) is 2.88. The maximum Gasteiger partial charge on any atom is 0.239 e. The van der Waals surface area contributed by atoms with Gasteiger partial charge in [0.2, 0.25) is 5.91 Å². The zero-order valence-electron chi connectivity index (χ0n) is 13.7. The van der Waals surface area contributed by atoms with Crippen molar-refractivity contribution in [3.63, 3.8) is 0 Å². The molecule has 1 saturated carbocycles. The molecule has 1 unspecified atom stereocenters. The van der Waals surface area contributed by atoms with E-state index in [1.54, 1.807) is 10.7 Å². The number of anilines is 1. The number of sulfone groups is 1. The van der Waals surface area contributed by atoms with E-state index >= 15 is 0 Å². The fourth-order valence-electron chi connectivity index (χ4n) is 3.16. The van der Waals surface area contributed by atoms with E-state index in [-0.39, 0.29) is 23.5 Å². The smallest absolute Gasteiger partial charge is 0.239 e. The molecule has 1 aromatic rings. The first kappa shape index (κ1) is 16.4. The highest BCUT2D eigenvalue weighted by atomic mass is 32.2. The lowest BCUT2D eigenvalue weighted by Gasteiger charge is -2.19. The van der Waals surface area contributed by atoms with Gasteiger partial charge in [0, 0.05) is 12.1 Å². The van der Waals surface area contributed by atoms with Gasteiger partial charge in [-0.05, 0) is 32.7 Å². The van der Waals surface area contributed by atoms with E-state index in [1.165, 1.54) is 0 Å². The Morgan fingerprint density at radius 1 is 1.43 bits per heavy atom. The molecular formula is C15H24N4O3S. The standard InChI is InChI=1S/C15H24N4O3S/c1-3-18(12-4-5-12)9-15(20)16-14-8-11(2)17-19(14)13-6-7-23(21,22)10-13/h8,12-13H,3-7,9-10H2,1-2H3,(H,16,20). The van der Waals surface area contributed by atoms with Crippen LogP contribution in [0, 0.1) is 6.92 Å². The second kappa shape index (κ2) is 6.24. The molecule has 1 N–H and O–H groups in total. The Morgan fingerprint density at radius 2 is 2.17 bits per heavy atom. The van der Waals surface area contributed by atoms with E-state index in [2.05, 4.69) is 22.2 Å². The minimum absolute atomic E-state index is 0.0687. The molecule has 1 aliphatic carbocycles. The largest absolute Gasteiger partial charge is 0.310 e. The van der Waals surface area contributed by atoms with Gasteiger partial charge in [0.1, 0.15) is 5.82 Å². The third kappa shape index (κ3) is 3.92. The zero-order chi connectivity index (χ0) is 16.6. The van der Waals surface area contributed by atoms with Crippen LogP contribution in [0.5, 0.6) is 0 Å². The Bertz CT molecular complexity index is 694. The normalized spacial score (nSPS) is 23.3. The van der Waals surface area contributed by atoms with Crippen LogP contribution in [-0.2, 0) is 14.6 Å². The summed E-state index contributed by atoms with van der Waals surface area (Å²) in [6, 6.07) is 2.16. The molecule has 0 spiro atoms. The summed E-state index contributed by atoms with van der Waals surface area (Å²) in [4.78, 5) is 14.5. The number of nitrogens with one attached hydrogen (secondary N) is 1. The van der Waals surface area contributed by atoms with Gasteiger partial charge in [-0.1, -0.05) is 6.92 Å². The van der Waals surface area contributed by atoms with Gasteiger partial charge >= 0.3 is 0 Å². The summed E-state index contributed by atoms with van der Waals surface area (Å²) in [6.45, 7) is 5.13. The Hall–Kier alpha value is -1.41. The first-order valence-electron chi connectivity index (χ1n) is 8.18. The van der Waals surface area contributed by atoms with Gasteiger partial charge in [-0.2, -0.15) is 5.10 Å². The van der Waals surface area contributed by atoms with E-state index in [0.717, 1.165) is 25.1 Å². The average molecular weight is 340 g/mol. The second-order valence-electron chi connectivity index (χ2n) is 6.51. The molecule has 0 aromatic carbocycles. The molecule has 3 rings (SSSR count). The number of rotatable bonds is 6. The van der Waals surface area contributed by atoms with Crippen LogP contribution >= 0.6 is 0 Å². The number of nitrogens with zero attached hydrogens (tertiary/aromatic N) is 3.